The molecule has 2 aromatic carbocycles. The van der Waals surface area contributed by atoms with E-state index in [1.807, 2.05) is 25.2 Å². The highest BCUT2D eigenvalue weighted by molar-refractivity contribution is 7.90. The number of amides is 1. The monoisotopic (exact) mass is 430 g/mol. The predicted molar refractivity (Wildman–Crippen MR) is 118 cm³/mol. The number of hydrogen-bond acceptors (Lipinski definition) is 5. The number of sulfone groups is 1. The molecule has 2 aromatic rings. The van der Waals surface area contributed by atoms with Gasteiger partial charge in [0.25, 0.3) is 0 Å². The fourth-order valence-corrected chi connectivity index (χ4v) is 4.96. The summed E-state index contributed by atoms with van der Waals surface area (Å²) < 4.78 is 29.0. The molecule has 0 heterocycles. The SMILES string of the molecule is CNC1CCC(Cc2cc(-c3ccc(S(C)(=O)=O)cc3)ccc2OC)(C(N)=O)CC1. The molecule has 0 spiro atoms. The Morgan fingerprint density at radius 2 is 1.73 bits per heavy atom. The largest absolute Gasteiger partial charge is 0.496 e. The van der Waals surface area contributed by atoms with Crippen LogP contribution in [0.4, 0.5) is 0 Å². The van der Waals surface area contributed by atoms with Crippen LogP contribution in [0.2, 0.25) is 0 Å². The third kappa shape index (κ3) is 4.68. The Morgan fingerprint density at radius 1 is 1.13 bits per heavy atom. The van der Waals surface area contributed by atoms with E-state index in [1.54, 1.807) is 31.4 Å². The smallest absolute Gasteiger partial charge is 0.223 e. The molecular weight excluding hydrogens is 400 g/mol. The minimum absolute atomic E-state index is 0.262. The van der Waals surface area contributed by atoms with Crippen molar-refractivity contribution in [3.63, 3.8) is 0 Å². The first kappa shape index (κ1) is 22.3. The fraction of sp³-hybridized carbons (Fsp3) is 0.435. The number of carbonyl (C=O) groups is 1. The zero-order valence-electron chi connectivity index (χ0n) is 17.8. The predicted octanol–water partition coefficient (Wildman–Crippen LogP) is 2.94. The van der Waals surface area contributed by atoms with Crippen LogP contribution in [0.25, 0.3) is 11.1 Å². The number of methoxy groups -OCH3 is 1. The summed E-state index contributed by atoms with van der Waals surface area (Å²) in [6, 6.07) is 13.1. The molecule has 0 bridgehead atoms. The molecule has 0 unspecified atom stereocenters. The molecule has 1 fully saturated rings. The van der Waals surface area contributed by atoms with Crippen LogP contribution in [0, 0.1) is 5.41 Å². The number of nitrogens with one attached hydrogen (secondary N) is 1. The average Bonchev–Trinajstić information content (AvgIpc) is 2.73. The van der Waals surface area contributed by atoms with Crippen LogP contribution >= 0.6 is 0 Å². The summed E-state index contributed by atoms with van der Waals surface area (Å²) in [6.07, 6.45) is 5.02. The van der Waals surface area contributed by atoms with Gasteiger partial charge in [-0.25, -0.2) is 8.42 Å². The molecule has 1 amide bonds. The number of rotatable bonds is 7. The van der Waals surface area contributed by atoms with Crippen molar-refractivity contribution in [1.29, 1.82) is 0 Å². The van der Waals surface area contributed by atoms with E-state index in [1.165, 1.54) is 6.26 Å². The van der Waals surface area contributed by atoms with Gasteiger partial charge in [-0.15, -0.1) is 0 Å². The lowest BCUT2D eigenvalue weighted by molar-refractivity contribution is -0.129. The first-order chi connectivity index (χ1) is 14.2. The molecule has 162 valence electrons. The van der Waals surface area contributed by atoms with E-state index in [2.05, 4.69) is 5.32 Å². The number of nitrogens with two attached hydrogens (primary N) is 1. The molecule has 0 atom stereocenters. The van der Waals surface area contributed by atoms with Crippen LogP contribution in [-0.2, 0) is 21.1 Å². The summed E-state index contributed by atoms with van der Waals surface area (Å²) >= 11 is 0. The molecule has 0 aliphatic heterocycles. The van der Waals surface area contributed by atoms with Crippen molar-refractivity contribution in [3.8, 4) is 16.9 Å². The number of benzene rings is 2. The maximum Gasteiger partial charge on any atom is 0.223 e. The van der Waals surface area contributed by atoms with E-state index >= 15 is 0 Å². The summed E-state index contributed by atoms with van der Waals surface area (Å²) in [5, 5.41) is 3.29. The van der Waals surface area contributed by atoms with Crippen molar-refractivity contribution in [2.75, 3.05) is 20.4 Å². The Bertz CT molecular complexity index is 1010. The first-order valence-corrected chi connectivity index (χ1v) is 12.0. The minimum Gasteiger partial charge on any atom is -0.496 e. The second-order valence-electron chi connectivity index (χ2n) is 8.21. The summed E-state index contributed by atoms with van der Waals surface area (Å²) in [7, 11) is 0.326. The van der Waals surface area contributed by atoms with Gasteiger partial charge in [0.2, 0.25) is 5.91 Å². The van der Waals surface area contributed by atoms with Crippen molar-refractivity contribution in [1.82, 2.24) is 5.32 Å². The Kier molecular flexibility index (Phi) is 6.53. The number of ether oxygens (including phenoxy) is 1. The van der Waals surface area contributed by atoms with Crippen LogP contribution in [0.3, 0.4) is 0 Å². The third-order valence-corrected chi connectivity index (χ3v) is 7.43. The molecule has 1 saturated carbocycles. The average molecular weight is 431 g/mol. The maximum atomic E-state index is 12.5. The zero-order valence-corrected chi connectivity index (χ0v) is 18.6. The van der Waals surface area contributed by atoms with Crippen LogP contribution in [0.15, 0.2) is 47.4 Å². The number of hydrogen-bond donors (Lipinski definition) is 2. The second-order valence-corrected chi connectivity index (χ2v) is 10.2. The Morgan fingerprint density at radius 3 is 2.23 bits per heavy atom. The lowest BCUT2D eigenvalue weighted by Gasteiger charge is -2.38. The van der Waals surface area contributed by atoms with Gasteiger partial charge < -0.3 is 15.8 Å². The quantitative estimate of drug-likeness (QED) is 0.704. The third-order valence-electron chi connectivity index (χ3n) is 6.30. The topological polar surface area (TPSA) is 98.5 Å². The summed E-state index contributed by atoms with van der Waals surface area (Å²) in [5.41, 5.74) is 8.07. The van der Waals surface area contributed by atoms with Gasteiger partial charge in [0.1, 0.15) is 5.75 Å². The van der Waals surface area contributed by atoms with Crippen molar-refractivity contribution in [2.24, 2.45) is 11.1 Å². The highest BCUT2D eigenvalue weighted by Gasteiger charge is 2.40. The molecule has 0 saturated heterocycles. The van der Waals surface area contributed by atoms with E-state index in [0.717, 1.165) is 48.1 Å². The van der Waals surface area contributed by atoms with Crippen LogP contribution in [0.1, 0.15) is 31.2 Å². The van der Waals surface area contributed by atoms with Gasteiger partial charge in [-0.3, -0.25) is 4.79 Å². The fourth-order valence-electron chi connectivity index (χ4n) is 4.32. The van der Waals surface area contributed by atoms with Crippen molar-refractivity contribution >= 4 is 15.7 Å². The Balaban J connectivity index is 1.94. The lowest BCUT2D eigenvalue weighted by Crippen LogP contribution is -2.45. The molecule has 1 aliphatic rings. The molecule has 0 radical (unpaired) electrons. The van der Waals surface area contributed by atoms with Crippen LogP contribution in [-0.4, -0.2) is 40.8 Å². The van der Waals surface area contributed by atoms with E-state index in [9.17, 15) is 13.2 Å². The first-order valence-electron chi connectivity index (χ1n) is 10.1. The highest BCUT2D eigenvalue weighted by atomic mass is 32.2. The summed E-state index contributed by atoms with van der Waals surface area (Å²) in [5.74, 6) is 0.463. The zero-order chi connectivity index (χ0) is 21.9. The van der Waals surface area contributed by atoms with E-state index in [4.69, 9.17) is 10.5 Å². The molecule has 3 rings (SSSR count). The van der Waals surface area contributed by atoms with Gasteiger partial charge in [-0.1, -0.05) is 18.2 Å². The van der Waals surface area contributed by atoms with Gasteiger partial charge in [0.15, 0.2) is 9.84 Å². The van der Waals surface area contributed by atoms with Gasteiger partial charge in [0.05, 0.1) is 17.4 Å². The normalized spacial score (nSPS) is 21.9. The number of carbonyl (C=O) groups excluding carboxylic acids is 1. The lowest BCUT2D eigenvalue weighted by atomic mass is 9.68. The molecule has 30 heavy (non-hydrogen) atoms. The summed E-state index contributed by atoms with van der Waals surface area (Å²) in [6.45, 7) is 0. The Labute approximate surface area is 178 Å². The molecule has 1 aliphatic carbocycles. The summed E-state index contributed by atoms with van der Waals surface area (Å²) in [4.78, 5) is 12.8. The minimum atomic E-state index is -3.24. The molecule has 0 aromatic heterocycles. The van der Waals surface area contributed by atoms with Crippen LogP contribution < -0.4 is 15.8 Å². The Hall–Kier alpha value is -2.38. The van der Waals surface area contributed by atoms with E-state index in [-0.39, 0.29) is 10.8 Å². The number of primary amides is 1. The maximum absolute atomic E-state index is 12.5. The molecular formula is C23H30N2O4S. The molecule has 6 nitrogen and oxygen atoms in total. The van der Waals surface area contributed by atoms with Gasteiger partial charge in [-0.2, -0.15) is 0 Å². The standard InChI is InChI=1S/C23H30N2O4S/c1-25-19-10-12-23(13-11-19,22(24)26)15-18-14-17(6-9-21(18)29-2)16-4-7-20(8-5-16)30(3,27)28/h4-9,14,19,25H,10-13,15H2,1-3H3,(H2,24,26). The van der Waals surface area contributed by atoms with Crippen molar-refractivity contribution in [2.45, 2.75) is 43.0 Å². The van der Waals surface area contributed by atoms with Crippen molar-refractivity contribution < 1.29 is 17.9 Å². The van der Waals surface area contributed by atoms with E-state index < -0.39 is 15.3 Å². The van der Waals surface area contributed by atoms with Crippen molar-refractivity contribution in [3.05, 3.63) is 48.0 Å². The second kappa shape index (κ2) is 8.78. The van der Waals surface area contributed by atoms with Gasteiger partial charge in [0, 0.05) is 12.3 Å². The van der Waals surface area contributed by atoms with E-state index in [0.29, 0.717) is 12.5 Å². The molecule has 3 N–H and O–H groups in total. The van der Waals surface area contributed by atoms with Gasteiger partial charge in [-0.05, 0) is 80.1 Å². The van der Waals surface area contributed by atoms with Gasteiger partial charge >= 0.3 is 0 Å². The highest BCUT2D eigenvalue weighted by Crippen LogP contribution is 2.41. The van der Waals surface area contributed by atoms with Crippen LogP contribution in [0.5, 0.6) is 5.75 Å². The molecule has 7 heteroatoms.